The molecule has 1 saturated heterocycles. The highest BCUT2D eigenvalue weighted by Crippen LogP contribution is 2.20. The van der Waals surface area contributed by atoms with Gasteiger partial charge in [0.05, 0.1) is 0 Å². The van der Waals surface area contributed by atoms with Crippen LogP contribution in [0.25, 0.3) is 0 Å². The molecule has 1 aliphatic rings. The first-order valence-electron chi connectivity index (χ1n) is 8.13. The summed E-state index contributed by atoms with van der Waals surface area (Å²) in [6, 6.07) is 11.4. The van der Waals surface area contributed by atoms with Crippen LogP contribution in [0.3, 0.4) is 0 Å². The quantitative estimate of drug-likeness (QED) is 0.868. The molecule has 1 atom stereocenters. The van der Waals surface area contributed by atoms with E-state index in [4.69, 9.17) is 0 Å². The SMILES string of the molecule is CC1CN(CC(C)(C)CN(C)Cc2ccccc2)CCN1. The van der Waals surface area contributed by atoms with Crippen LogP contribution in [0, 0.1) is 5.41 Å². The summed E-state index contributed by atoms with van der Waals surface area (Å²) in [7, 11) is 2.23. The van der Waals surface area contributed by atoms with Crippen LogP contribution in [0.1, 0.15) is 26.3 Å². The van der Waals surface area contributed by atoms with Crippen LogP contribution in [0.5, 0.6) is 0 Å². The summed E-state index contributed by atoms with van der Waals surface area (Å²) < 4.78 is 0. The van der Waals surface area contributed by atoms with Crippen LogP contribution in [0.15, 0.2) is 30.3 Å². The van der Waals surface area contributed by atoms with E-state index in [2.05, 4.69) is 73.3 Å². The average molecular weight is 289 g/mol. The molecule has 0 saturated carbocycles. The molecule has 1 N–H and O–H groups in total. The Morgan fingerprint density at radius 3 is 2.67 bits per heavy atom. The van der Waals surface area contributed by atoms with Crippen LogP contribution < -0.4 is 5.32 Å². The van der Waals surface area contributed by atoms with Gasteiger partial charge >= 0.3 is 0 Å². The van der Waals surface area contributed by atoms with E-state index in [0.29, 0.717) is 11.5 Å². The Balaban J connectivity index is 1.82. The van der Waals surface area contributed by atoms with Crippen molar-refractivity contribution in [2.24, 2.45) is 5.41 Å². The summed E-state index contributed by atoms with van der Waals surface area (Å²) in [5, 5.41) is 3.52. The molecule has 3 nitrogen and oxygen atoms in total. The fourth-order valence-corrected chi connectivity index (χ4v) is 3.49. The monoisotopic (exact) mass is 289 g/mol. The molecule has 1 unspecified atom stereocenters. The molecule has 0 aromatic heterocycles. The van der Waals surface area contributed by atoms with Crippen molar-refractivity contribution < 1.29 is 0 Å². The van der Waals surface area contributed by atoms with Crippen LogP contribution in [-0.2, 0) is 6.54 Å². The second-order valence-electron chi connectivity index (χ2n) is 7.41. The molecule has 1 aromatic carbocycles. The van der Waals surface area contributed by atoms with Gasteiger partial charge in [-0.1, -0.05) is 44.2 Å². The third kappa shape index (κ3) is 5.77. The minimum Gasteiger partial charge on any atom is -0.312 e. The molecule has 1 fully saturated rings. The van der Waals surface area contributed by atoms with Crippen molar-refractivity contribution in [3.8, 4) is 0 Å². The summed E-state index contributed by atoms with van der Waals surface area (Å²) in [5.74, 6) is 0. The summed E-state index contributed by atoms with van der Waals surface area (Å²) in [6.07, 6.45) is 0. The number of hydrogen-bond acceptors (Lipinski definition) is 3. The van der Waals surface area contributed by atoms with E-state index >= 15 is 0 Å². The van der Waals surface area contributed by atoms with Gasteiger partial charge in [-0.2, -0.15) is 0 Å². The maximum absolute atomic E-state index is 3.52. The molecule has 118 valence electrons. The summed E-state index contributed by atoms with van der Waals surface area (Å²) in [6.45, 7) is 13.9. The van der Waals surface area contributed by atoms with Crippen molar-refractivity contribution in [1.82, 2.24) is 15.1 Å². The molecule has 0 amide bonds. The van der Waals surface area contributed by atoms with Crippen molar-refractivity contribution >= 4 is 0 Å². The molecule has 1 aromatic rings. The molecule has 0 radical (unpaired) electrons. The van der Waals surface area contributed by atoms with Crippen LogP contribution in [-0.4, -0.2) is 55.6 Å². The molecular weight excluding hydrogens is 258 g/mol. The number of hydrogen-bond donors (Lipinski definition) is 1. The topological polar surface area (TPSA) is 18.5 Å². The minimum absolute atomic E-state index is 0.320. The van der Waals surface area contributed by atoms with Gasteiger partial charge in [-0.25, -0.2) is 0 Å². The van der Waals surface area contributed by atoms with Crippen LogP contribution in [0.2, 0.25) is 0 Å². The predicted molar refractivity (Wildman–Crippen MR) is 90.5 cm³/mol. The van der Waals surface area contributed by atoms with Crippen molar-refractivity contribution in [2.75, 3.05) is 39.8 Å². The van der Waals surface area contributed by atoms with Crippen molar-refractivity contribution in [2.45, 2.75) is 33.4 Å². The van der Waals surface area contributed by atoms with Gasteiger partial charge in [-0.15, -0.1) is 0 Å². The van der Waals surface area contributed by atoms with Gasteiger partial charge in [0.25, 0.3) is 0 Å². The normalized spacial score (nSPS) is 20.9. The van der Waals surface area contributed by atoms with Gasteiger partial charge in [0.1, 0.15) is 0 Å². The highest BCUT2D eigenvalue weighted by atomic mass is 15.2. The zero-order chi connectivity index (χ0) is 15.3. The molecule has 1 aliphatic heterocycles. The summed E-state index contributed by atoms with van der Waals surface area (Å²) in [4.78, 5) is 5.05. The average Bonchev–Trinajstić information content (AvgIpc) is 2.38. The fraction of sp³-hybridized carbons (Fsp3) is 0.667. The van der Waals surface area contributed by atoms with Crippen molar-refractivity contribution in [3.63, 3.8) is 0 Å². The van der Waals surface area contributed by atoms with E-state index in [1.165, 1.54) is 25.2 Å². The molecule has 21 heavy (non-hydrogen) atoms. The first-order valence-corrected chi connectivity index (χ1v) is 8.13. The number of piperazine rings is 1. The summed E-state index contributed by atoms with van der Waals surface area (Å²) >= 11 is 0. The molecule has 2 rings (SSSR count). The van der Waals surface area contributed by atoms with Gasteiger partial charge in [-0.05, 0) is 24.9 Å². The highest BCUT2D eigenvalue weighted by Gasteiger charge is 2.26. The van der Waals surface area contributed by atoms with E-state index < -0.39 is 0 Å². The molecule has 0 bridgehead atoms. The van der Waals surface area contributed by atoms with Gasteiger partial charge in [0, 0.05) is 45.3 Å². The molecule has 3 heteroatoms. The number of nitrogens with one attached hydrogen (secondary N) is 1. The second kappa shape index (κ2) is 7.39. The molecule has 0 aliphatic carbocycles. The lowest BCUT2D eigenvalue weighted by Gasteiger charge is -2.39. The maximum Gasteiger partial charge on any atom is 0.0230 e. The third-order valence-electron chi connectivity index (χ3n) is 4.10. The Kier molecular flexibility index (Phi) is 5.80. The Morgan fingerprint density at radius 2 is 2.00 bits per heavy atom. The Labute approximate surface area is 130 Å². The lowest BCUT2D eigenvalue weighted by molar-refractivity contribution is 0.109. The third-order valence-corrected chi connectivity index (χ3v) is 4.10. The van der Waals surface area contributed by atoms with Crippen LogP contribution >= 0.6 is 0 Å². The van der Waals surface area contributed by atoms with E-state index in [-0.39, 0.29) is 0 Å². The highest BCUT2D eigenvalue weighted by molar-refractivity contribution is 5.14. The molecule has 1 heterocycles. The van der Waals surface area contributed by atoms with Gasteiger partial charge in [-0.3, -0.25) is 4.90 Å². The number of benzene rings is 1. The standard InChI is InChI=1S/C18H31N3/c1-16-12-21(11-10-19-16)15-18(2,3)14-20(4)13-17-8-6-5-7-9-17/h5-9,16,19H,10-15H2,1-4H3. The van der Waals surface area contributed by atoms with E-state index in [9.17, 15) is 0 Å². The van der Waals surface area contributed by atoms with E-state index in [0.717, 1.165) is 19.6 Å². The second-order valence-corrected chi connectivity index (χ2v) is 7.41. The predicted octanol–water partition coefficient (Wildman–Crippen LogP) is 2.44. The largest absolute Gasteiger partial charge is 0.312 e. The van der Waals surface area contributed by atoms with Gasteiger partial charge < -0.3 is 10.2 Å². The van der Waals surface area contributed by atoms with Crippen molar-refractivity contribution in [3.05, 3.63) is 35.9 Å². The van der Waals surface area contributed by atoms with E-state index in [1.54, 1.807) is 0 Å². The van der Waals surface area contributed by atoms with Gasteiger partial charge in [0.2, 0.25) is 0 Å². The zero-order valence-electron chi connectivity index (χ0n) is 14.1. The fourth-order valence-electron chi connectivity index (χ4n) is 3.49. The first-order chi connectivity index (χ1) is 9.94. The van der Waals surface area contributed by atoms with Gasteiger partial charge in [0.15, 0.2) is 0 Å². The van der Waals surface area contributed by atoms with Crippen LogP contribution in [0.4, 0.5) is 0 Å². The number of nitrogens with zero attached hydrogens (tertiary/aromatic N) is 2. The summed E-state index contributed by atoms with van der Waals surface area (Å²) in [5.41, 5.74) is 1.72. The Hall–Kier alpha value is -0.900. The van der Waals surface area contributed by atoms with E-state index in [1.807, 2.05) is 0 Å². The zero-order valence-corrected chi connectivity index (χ0v) is 14.1. The smallest absolute Gasteiger partial charge is 0.0230 e. The first kappa shape index (κ1) is 16.5. The Morgan fingerprint density at radius 1 is 1.29 bits per heavy atom. The lowest BCUT2D eigenvalue weighted by atomic mass is 9.91. The Bertz CT molecular complexity index is 416. The number of rotatable bonds is 6. The minimum atomic E-state index is 0.320. The van der Waals surface area contributed by atoms with Crippen molar-refractivity contribution in [1.29, 1.82) is 0 Å². The molecule has 0 spiro atoms. The lowest BCUT2D eigenvalue weighted by Crippen LogP contribution is -2.52. The maximum atomic E-state index is 3.52. The molecular formula is C18H31N3.